The smallest absolute Gasteiger partial charge is 0.305 e. The fourth-order valence-corrected chi connectivity index (χ4v) is 4.24. The molecule has 2 N–H and O–H groups in total. The zero-order valence-corrected chi connectivity index (χ0v) is 17.4. The fraction of sp³-hybridized carbons (Fsp3) is 0.280. The Bertz CT molecular complexity index is 1080. The summed E-state index contributed by atoms with van der Waals surface area (Å²) < 4.78 is 7.05. The molecule has 0 saturated heterocycles. The van der Waals surface area contributed by atoms with Crippen molar-refractivity contribution < 1.29 is 14.3 Å². The number of nitrogens with zero attached hydrogens (tertiary/aromatic N) is 1. The lowest BCUT2D eigenvalue weighted by Crippen LogP contribution is -2.13. The largest absolute Gasteiger partial charge is 0.469 e. The molecule has 3 aromatic rings. The van der Waals surface area contributed by atoms with Crippen LogP contribution in [-0.4, -0.2) is 23.6 Å². The fourth-order valence-electron chi connectivity index (χ4n) is 4.24. The molecule has 1 heterocycles. The molecule has 5 nitrogen and oxygen atoms in total. The maximum Gasteiger partial charge on any atom is 0.305 e. The van der Waals surface area contributed by atoms with E-state index in [4.69, 9.17) is 10.5 Å². The monoisotopic (exact) mass is 402 g/mol. The Morgan fingerprint density at radius 1 is 1.00 bits per heavy atom. The van der Waals surface area contributed by atoms with Crippen molar-refractivity contribution in [2.45, 2.75) is 38.6 Å². The van der Waals surface area contributed by atoms with Gasteiger partial charge in [0.15, 0.2) is 0 Å². The molecule has 0 aliphatic heterocycles. The van der Waals surface area contributed by atoms with Crippen LogP contribution in [-0.2, 0) is 16.0 Å². The van der Waals surface area contributed by atoms with Crippen LogP contribution in [0.25, 0.3) is 22.3 Å². The zero-order chi connectivity index (χ0) is 21.3. The van der Waals surface area contributed by atoms with Crippen molar-refractivity contribution in [3.63, 3.8) is 0 Å². The average molecular weight is 402 g/mol. The van der Waals surface area contributed by atoms with E-state index in [1.54, 1.807) is 0 Å². The third kappa shape index (κ3) is 3.75. The average Bonchev–Trinajstić information content (AvgIpc) is 3.55. The van der Waals surface area contributed by atoms with E-state index in [0.29, 0.717) is 18.0 Å². The number of carbonyl (C=O) groups excluding carboxylic acids is 2. The Kier molecular flexibility index (Phi) is 5.44. The number of benzene rings is 2. The molecule has 0 unspecified atom stereocenters. The summed E-state index contributed by atoms with van der Waals surface area (Å²) in [5.41, 5.74) is 12.3. The Balaban J connectivity index is 1.82. The van der Waals surface area contributed by atoms with Crippen molar-refractivity contribution in [3.05, 3.63) is 71.5 Å². The van der Waals surface area contributed by atoms with Crippen LogP contribution in [0.5, 0.6) is 0 Å². The number of amides is 1. The maximum absolute atomic E-state index is 12.4. The molecule has 1 aliphatic carbocycles. The minimum absolute atomic E-state index is 0.262. The minimum Gasteiger partial charge on any atom is -0.469 e. The molecule has 1 amide bonds. The highest BCUT2D eigenvalue weighted by Crippen LogP contribution is 2.43. The normalized spacial score (nSPS) is 13.3. The Morgan fingerprint density at radius 3 is 2.17 bits per heavy atom. The Labute approximate surface area is 176 Å². The molecule has 0 spiro atoms. The van der Waals surface area contributed by atoms with Gasteiger partial charge in [-0.2, -0.15) is 0 Å². The molecule has 154 valence electrons. The quantitative estimate of drug-likeness (QED) is 0.584. The summed E-state index contributed by atoms with van der Waals surface area (Å²) in [4.78, 5) is 24.3. The van der Waals surface area contributed by atoms with E-state index in [9.17, 15) is 9.59 Å². The van der Waals surface area contributed by atoms with Gasteiger partial charge in [0.05, 0.1) is 19.1 Å². The first-order chi connectivity index (χ1) is 14.5. The molecule has 1 aliphatic rings. The van der Waals surface area contributed by atoms with Gasteiger partial charge >= 0.3 is 5.97 Å². The van der Waals surface area contributed by atoms with E-state index in [-0.39, 0.29) is 12.4 Å². The second-order valence-electron chi connectivity index (χ2n) is 7.77. The predicted molar refractivity (Wildman–Crippen MR) is 117 cm³/mol. The van der Waals surface area contributed by atoms with Gasteiger partial charge in [0.25, 0.3) is 5.91 Å². The molecule has 2 aromatic carbocycles. The van der Waals surface area contributed by atoms with Crippen LogP contribution >= 0.6 is 0 Å². The van der Waals surface area contributed by atoms with Gasteiger partial charge in [-0.3, -0.25) is 9.59 Å². The van der Waals surface area contributed by atoms with Crippen molar-refractivity contribution in [3.8, 4) is 22.3 Å². The predicted octanol–water partition coefficient (Wildman–Crippen LogP) is 4.67. The second kappa shape index (κ2) is 8.19. The van der Waals surface area contributed by atoms with Crippen LogP contribution in [0.1, 0.15) is 47.1 Å². The van der Waals surface area contributed by atoms with Crippen LogP contribution in [0.3, 0.4) is 0 Å². The number of primary amides is 1. The number of nitrogens with two attached hydrogens (primary N) is 1. The van der Waals surface area contributed by atoms with Crippen molar-refractivity contribution in [1.29, 1.82) is 0 Å². The van der Waals surface area contributed by atoms with Crippen LogP contribution in [0.2, 0.25) is 0 Å². The molecule has 30 heavy (non-hydrogen) atoms. The third-order valence-corrected chi connectivity index (χ3v) is 5.79. The summed E-state index contributed by atoms with van der Waals surface area (Å²) >= 11 is 0. The summed E-state index contributed by atoms with van der Waals surface area (Å²) in [6, 6.07) is 18.7. The van der Waals surface area contributed by atoms with Gasteiger partial charge in [0.1, 0.15) is 0 Å². The molecule has 0 bridgehead atoms. The van der Waals surface area contributed by atoms with Gasteiger partial charge < -0.3 is 15.0 Å². The summed E-state index contributed by atoms with van der Waals surface area (Å²) in [5.74, 6) is -0.699. The summed E-state index contributed by atoms with van der Waals surface area (Å²) in [6.45, 7) is 1.95. The van der Waals surface area contributed by atoms with E-state index in [0.717, 1.165) is 46.5 Å². The van der Waals surface area contributed by atoms with Crippen LogP contribution in [0, 0.1) is 6.92 Å². The SMILES string of the molecule is COC(=O)CCc1c(-c2ccc(-c3ccccc3)cc2)c(C(N)=O)c(C)n1C1CC1. The highest BCUT2D eigenvalue weighted by molar-refractivity contribution is 6.02. The van der Waals surface area contributed by atoms with Gasteiger partial charge in [0, 0.05) is 23.0 Å². The zero-order valence-electron chi connectivity index (χ0n) is 17.4. The number of ether oxygens (including phenoxy) is 1. The number of aromatic nitrogens is 1. The van der Waals surface area contributed by atoms with E-state index in [1.165, 1.54) is 7.11 Å². The van der Waals surface area contributed by atoms with Crippen LogP contribution in [0.4, 0.5) is 0 Å². The molecule has 1 saturated carbocycles. The Morgan fingerprint density at radius 2 is 1.60 bits per heavy atom. The van der Waals surface area contributed by atoms with E-state index >= 15 is 0 Å². The van der Waals surface area contributed by atoms with Crippen LogP contribution < -0.4 is 5.73 Å². The van der Waals surface area contributed by atoms with Gasteiger partial charge in [-0.15, -0.1) is 0 Å². The molecule has 4 rings (SSSR count). The number of carbonyl (C=O) groups is 2. The van der Waals surface area contributed by atoms with Gasteiger partial charge in [0.2, 0.25) is 0 Å². The summed E-state index contributed by atoms with van der Waals surface area (Å²) in [5, 5.41) is 0. The van der Waals surface area contributed by atoms with E-state index in [2.05, 4.69) is 28.8 Å². The Hall–Kier alpha value is -3.34. The number of hydrogen-bond acceptors (Lipinski definition) is 3. The molecule has 1 fully saturated rings. The lowest BCUT2D eigenvalue weighted by atomic mass is 9.95. The third-order valence-electron chi connectivity index (χ3n) is 5.79. The standard InChI is InChI=1S/C25H26N2O3/c1-16-23(25(26)29)24(21(14-15-22(28)30-2)27(16)20-12-13-20)19-10-8-18(9-11-19)17-6-4-3-5-7-17/h3-11,20H,12-15H2,1-2H3,(H2,26,29). The second-order valence-corrected chi connectivity index (χ2v) is 7.77. The lowest BCUT2D eigenvalue weighted by molar-refractivity contribution is -0.140. The van der Waals surface area contributed by atoms with E-state index < -0.39 is 5.91 Å². The number of methoxy groups -OCH3 is 1. The number of hydrogen-bond donors (Lipinski definition) is 1. The van der Waals surface area contributed by atoms with Crippen molar-refractivity contribution in [2.24, 2.45) is 5.73 Å². The molecule has 0 atom stereocenters. The first kappa shape index (κ1) is 20.0. The molecular formula is C25H26N2O3. The van der Waals surface area contributed by atoms with Gasteiger partial charge in [-0.25, -0.2) is 0 Å². The molecule has 5 heteroatoms. The maximum atomic E-state index is 12.4. The highest BCUT2D eigenvalue weighted by Gasteiger charge is 2.33. The number of esters is 1. The summed E-state index contributed by atoms with van der Waals surface area (Å²) in [6.07, 6.45) is 2.92. The van der Waals surface area contributed by atoms with Crippen molar-refractivity contribution in [1.82, 2.24) is 4.57 Å². The molecule has 0 radical (unpaired) electrons. The molecular weight excluding hydrogens is 376 g/mol. The highest BCUT2D eigenvalue weighted by atomic mass is 16.5. The first-order valence-corrected chi connectivity index (χ1v) is 10.3. The van der Waals surface area contributed by atoms with Crippen LogP contribution in [0.15, 0.2) is 54.6 Å². The van der Waals surface area contributed by atoms with Gasteiger partial charge in [-0.1, -0.05) is 54.6 Å². The topological polar surface area (TPSA) is 74.3 Å². The van der Waals surface area contributed by atoms with Gasteiger partial charge in [-0.05, 0) is 42.9 Å². The minimum atomic E-state index is -0.437. The summed E-state index contributed by atoms with van der Waals surface area (Å²) in [7, 11) is 1.39. The first-order valence-electron chi connectivity index (χ1n) is 10.3. The van der Waals surface area contributed by atoms with E-state index in [1.807, 2.05) is 37.3 Å². The van der Waals surface area contributed by atoms with Crippen molar-refractivity contribution in [2.75, 3.05) is 7.11 Å². The number of rotatable bonds is 7. The molecule has 1 aromatic heterocycles. The lowest BCUT2D eigenvalue weighted by Gasteiger charge is -2.12. The van der Waals surface area contributed by atoms with Crippen molar-refractivity contribution >= 4 is 11.9 Å².